The van der Waals surface area contributed by atoms with Gasteiger partial charge in [-0.05, 0) is 13.0 Å². The molecule has 0 aromatic carbocycles. The Morgan fingerprint density at radius 3 is 3.11 bits per heavy atom. The predicted octanol–water partition coefficient (Wildman–Crippen LogP) is 1.02. The van der Waals surface area contributed by atoms with Gasteiger partial charge in [-0.3, -0.25) is 0 Å². The van der Waals surface area contributed by atoms with Gasteiger partial charge in [-0.15, -0.1) is 0 Å². The van der Waals surface area contributed by atoms with Crippen LogP contribution in [0.15, 0.2) is 18.6 Å². The van der Waals surface area contributed by atoms with E-state index >= 15 is 0 Å². The van der Waals surface area contributed by atoms with Gasteiger partial charge in [-0.25, -0.2) is 14.4 Å². The number of ether oxygens (including phenoxy) is 1. The number of halogens is 1. The van der Waals surface area contributed by atoms with Gasteiger partial charge in [-0.1, -0.05) is 0 Å². The Bertz CT molecular complexity index is 613. The van der Waals surface area contributed by atoms with E-state index in [0.29, 0.717) is 16.9 Å². The van der Waals surface area contributed by atoms with Crippen LogP contribution in [0.1, 0.15) is 19.6 Å². The molecule has 2 aromatic rings. The minimum atomic E-state index is -1.57. The van der Waals surface area contributed by atoms with Crippen LogP contribution in [0.3, 0.4) is 0 Å². The molecule has 1 aliphatic rings. The van der Waals surface area contributed by atoms with Crippen molar-refractivity contribution in [2.75, 3.05) is 12.3 Å². The third-order valence-electron chi connectivity index (χ3n) is 3.46. The van der Waals surface area contributed by atoms with Gasteiger partial charge in [0.2, 0.25) is 0 Å². The molecule has 3 heterocycles. The fourth-order valence-corrected chi connectivity index (χ4v) is 2.56. The lowest BCUT2D eigenvalue weighted by Crippen LogP contribution is -2.27. The highest BCUT2D eigenvalue weighted by molar-refractivity contribution is 5.86. The van der Waals surface area contributed by atoms with E-state index in [1.807, 2.05) is 0 Å². The summed E-state index contributed by atoms with van der Waals surface area (Å²) in [6, 6.07) is 1.73. The fourth-order valence-electron chi connectivity index (χ4n) is 2.56. The Hall–Kier alpha value is -1.73. The average molecular weight is 266 g/mol. The number of aliphatic hydroxyl groups excluding tert-OH is 1. The largest absolute Gasteiger partial charge is 0.394 e. The van der Waals surface area contributed by atoms with Gasteiger partial charge in [0, 0.05) is 12.6 Å². The topological polar surface area (TPSA) is 86.2 Å². The summed E-state index contributed by atoms with van der Waals surface area (Å²) in [7, 11) is 0. The number of nitrogen functional groups attached to an aromatic ring is 1. The molecule has 1 aliphatic heterocycles. The van der Waals surface area contributed by atoms with Gasteiger partial charge in [0.1, 0.15) is 17.8 Å². The van der Waals surface area contributed by atoms with E-state index in [-0.39, 0.29) is 13.0 Å². The van der Waals surface area contributed by atoms with E-state index in [1.54, 1.807) is 16.8 Å². The molecule has 1 fully saturated rings. The first-order valence-electron chi connectivity index (χ1n) is 6.05. The van der Waals surface area contributed by atoms with Crippen molar-refractivity contribution in [2.24, 2.45) is 0 Å². The lowest BCUT2D eigenvalue weighted by atomic mass is 10.0. The van der Waals surface area contributed by atoms with Gasteiger partial charge < -0.3 is 20.1 Å². The quantitative estimate of drug-likeness (QED) is 0.847. The van der Waals surface area contributed by atoms with Crippen LogP contribution in [0.2, 0.25) is 0 Å². The second-order valence-corrected chi connectivity index (χ2v) is 4.99. The zero-order chi connectivity index (χ0) is 13.6. The summed E-state index contributed by atoms with van der Waals surface area (Å²) in [4.78, 5) is 8.02. The molecule has 102 valence electrons. The number of hydrogen-bond acceptors (Lipinski definition) is 5. The fraction of sp³-hybridized carbons (Fsp3) is 0.500. The number of aliphatic hydroxyl groups is 1. The van der Waals surface area contributed by atoms with E-state index in [9.17, 15) is 4.39 Å². The van der Waals surface area contributed by atoms with Crippen LogP contribution in [0.4, 0.5) is 10.2 Å². The highest BCUT2D eigenvalue weighted by atomic mass is 19.1. The zero-order valence-electron chi connectivity index (χ0n) is 10.5. The van der Waals surface area contributed by atoms with Crippen LogP contribution in [0.5, 0.6) is 0 Å². The zero-order valence-corrected chi connectivity index (χ0v) is 10.5. The van der Waals surface area contributed by atoms with E-state index in [0.717, 1.165) is 0 Å². The SMILES string of the molecule is CC1(F)C[C@@H](CO)O[C@H]1n1ccc2c(N)ncnc21. The van der Waals surface area contributed by atoms with Crippen LogP contribution in [0.25, 0.3) is 11.0 Å². The van der Waals surface area contributed by atoms with Crippen LogP contribution in [-0.2, 0) is 4.74 Å². The minimum absolute atomic E-state index is 0.147. The summed E-state index contributed by atoms with van der Waals surface area (Å²) in [6.07, 6.45) is 1.84. The maximum absolute atomic E-state index is 14.6. The third-order valence-corrected chi connectivity index (χ3v) is 3.46. The summed E-state index contributed by atoms with van der Waals surface area (Å²) < 4.78 is 21.7. The average Bonchev–Trinajstić information content (AvgIpc) is 2.90. The van der Waals surface area contributed by atoms with Gasteiger partial charge in [0.05, 0.1) is 18.1 Å². The van der Waals surface area contributed by atoms with Crippen molar-refractivity contribution in [3.05, 3.63) is 18.6 Å². The summed E-state index contributed by atoms with van der Waals surface area (Å²) >= 11 is 0. The van der Waals surface area contributed by atoms with Crippen molar-refractivity contribution >= 4 is 16.9 Å². The molecular formula is C12H15FN4O2. The molecule has 0 aliphatic carbocycles. The Morgan fingerprint density at radius 2 is 2.42 bits per heavy atom. The Kier molecular flexibility index (Phi) is 2.68. The number of fused-ring (bicyclic) bond motifs is 1. The molecule has 3 rings (SSSR count). The first-order chi connectivity index (χ1) is 9.03. The summed E-state index contributed by atoms with van der Waals surface area (Å²) in [5.41, 5.74) is 4.71. The Labute approximate surface area is 109 Å². The standard InChI is InChI=1S/C12H15FN4O2/c1-12(13)4-7(5-18)19-11(12)17-3-2-8-9(14)15-6-16-10(8)17/h2-3,6-7,11,18H,4-5H2,1H3,(H2,14,15,16)/t7-,11+,12?/m0/s1. The molecule has 1 saturated heterocycles. The maximum atomic E-state index is 14.6. The van der Waals surface area contributed by atoms with Gasteiger partial charge in [-0.2, -0.15) is 0 Å². The molecule has 6 nitrogen and oxygen atoms in total. The number of rotatable bonds is 2. The van der Waals surface area contributed by atoms with Gasteiger partial charge in [0.15, 0.2) is 11.9 Å². The number of nitrogens with two attached hydrogens (primary N) is 1. The van der Waals surface area contributed by atoms with E-state index in [1.165, 1.54) is 13.3 Å². The lowest BCUT2D eigenvalue weighted by molar-refractivity contribution is -0.0562. The summed E-state index contributed by atoms with van der Waals surface area (Å²) in [5.74, 6) is 0.348. The monoisotopic (exact) mass is 266 g/mol. The molecule has 0 radical (unpaired) electrons. The Morgan fingerprint density at radius 1 is 1.63 bits per heavy atom. The molecule has 3 N–H and O–H groups in total. The van der Waals surface area contributed by atoms with Gasteiger partial charge >= 0.3 is 0 Å². The maximum Gasteiger partial charge on any atom is 0.169 e. The van der Waals surface area contributed by atoms with E-state index < -0.39 is 18.0 Å². The van der Waals surface area contributed by atoms with Crippen LogP contribution in [-0.4, -0.2) is 38.0 Å². The van der Waals surface area contributed by atoms with Crippen molar-refractivity contribution in [3.63, 3.8) is 0 Å². The normalized spacial score (nSPS) is 31.1. The van der Waals surface area contributed by atoms with E-state index in [4.69, 9.17) is 15.6 Å². The first kappa shape index (κ1) is 12.3. The molecule has 0 saturated carbocycles. The Balaban J connectivity index is 2.07. The first-order valence-corrected chi connectivity index (χ1v) is 6.05. The number of anilines is 1. The lowest BCUT2D eigenvalue weighted by Gasteiger charge is -2.23. The summed E-state index contributed by atoms with van der Waals surface area (Å²) in [6.45, 7) is 1.26. The van der Waals surface area contributed by atoms with Crippen molar-refractivity contribution in [2.45, 2.75) is 31.3 Å². The van der Waals surface area contributed by atoms with Crippen molar-refractivity contribution < 1.29 is 14.2 Å². The molecule has 0 spiro atoms. The molecule has 3 atom stereocenters. The van der Waals surface area contributed by atoms with E-state index in [2.05, 4.69) is 9.97 Å². The smallest absolute Gasteiger partial charge is 0.169 e. The second kappa shape index (κ2) is 4.14. The number of aromatic nitrogens is 3. The number of nitrogens with zero attached hydrogens (tertiary/aromatic N) is 3. The minimum Gasteiger partial charge on any atom is -0.394 e. The number of hydrogen-bond donors (Lipinski definition) is 2. The molecular weight excluding hydrogens is 251 g/mol. The summed E-state index contributed by atoms with van der Waals surface area (Å²) in [5, 5.41) is 9.79. The molecule has 0 bridgehead atoms. The molecule has 19 heavy (non-hydrogen) atoms. The van der Waals surface area contributed by atoms with Crippen LogP contribution >= 0.6 is 0 Å². The van der Waals surface area contributed by atoms with Crippen LogP contribution in [0, 0.1) is 0 Å². The predicted molar refractivity (Wildman–Crippen MR) is 67.1 cm³/mol. The molecule has 1 unspecified atom stereocenters. The number of alkyl halides is 1. The van der Waals surface area contributed by atoms with Crippen LogP contribution < -0.4 is 5.73 Å². The highest BCUT2D eigenvalue weighted by Crippen LogP contribution is 2.42. The van der Waals surface area contributed by atoms with Crippen molar-refractivity contribution in [1.82, 2.24) is 14.5 Å². The second-order valence-electron chi connectivity index (χ2n) is 4.99. The highest BCUT2D eigenvalue weighted by Gasteiger charge is 2.47. The van der Waals surface area contributed by atoms with Crippen molar-refractivity contribution in [3.8, 4) is 0 Å². The molecule has 0 amide bonds. The molecule has 7 heteroatoms. The molecule has 2 aromatic heterocycles. The van der Waals surface area contributed by atoms with Crippen molar-refractivity contribution in [1.29, 1.82) is 0 Å². The third kappa shape index (κ3) is 1.85. The van der Waals surface area contributed by atoms with Gasteiger partial charge in [0.25, 0.3) is 0 Å².